The molecule has 0 bridgehead atoms. The lowest BCUT2D eigenvalue weighted by Gasteiger charge is -2.39. The van der Waals surface area contributed by atoms with Crippen LogP contribution in [0.1, 0.15) is 24.4 Å². The first-order valence-corrected chi connectivity index (χ1v) is 11.7. The molecule has 6 atom stereocenters. The van der Waals surface area contributed by atoms with Crippen molar-refractivity contribution >= 4 is 17.6 Å². The standard InChI is InChI=1S/C26H31N3O4/c1-32-25(30)21-20(23(26(31)33-2)27-22(21)17-10-5-3-6-11-17)24-28-15-9-14-19(28)16-29(24)18-12-7-4-8-13-18/h3-8,10-13,19-24,27H,9,14-16H2,1-2H3/t19-,20+,21+,22?,23+,24+/m0/s1. The molecule has 0 amide bonds. The van der Waals surface area contributed by atoms with Crippen LogP contribution in [0.15, 0.2) is 60.7 Å². The highest BCUT2D eigenvalue weighted by atomic mass is 16.5. The predicted molar refractivity (Wildman–Crippen MR) is 124 cm³/mol. The Morgan fingerprint density at radius 3 is 2.27 bits per heavy atom. The molecule has 0 aliphatic carbocycles. The third-order valence-corrected chi connectivity index (χ3v) is 7.53. The first-order valence-electron chi connectivity index (χ1n) is 11.7. The Labute approximate surface area is 194 Å². The van der Waals surface area contributed by atoms with E-state index in [0.29, 0.717) is 6.04 Å². The number of rotatable bonds is 5. The Bertz CT molecular complexity index is 986. The topological polar surface area (TPSA) is 71.1 Å². The van der Waals surface area contributed by atoms with Crippen LogP contribution in [0, 0.1) is 11.8 Å². The van der Waals surface area contributed by atoms with Crippen molar-refractivity contribution in [1.29, 1.82) is 0 Å². The van der Waals surface area contributed by atoms with E-state index in [9.17, 15) is 9.59 Å². The number of carbonyl (C=O) groups excluding carboxylic acids is 2. The second-order valence-electron chi connectivity index (χ2n) is 9.12. The SMILES string of the molecule is COC(=O)[C@@H]1NC(c2ccccc2)[C@H](C(=O)OC)[C@H]1[C@H]1N(c2ccccc2)C[C@@H]2CCCN21. The number of hydrogen-bond acceptors (Lipinski definition) is 7. The van der Waals surface area contributed by atoms with Crippen molar-refractivity contribution in [2.24, 2.45) is 11.8 Å². The monoisotopic (exact) mass is 449 g/mol. The third-order valence-electron chi connectivity index (χ3n) is 7.53. The van der Waals surface area contributed by atoms with Crippen molar-refractivity contribution in [3.05, 3.63) is 66.2 Å². The Hall–Kier alpha value is -2.90. The van der Waals surface area contributed by atoms with Crippen LogP contribution in [-0.2, 0) is 19.1 Å². The summed E-state index contributed by atoms with van der Waals surface area (Å²) in [6, 6.07) is 19.6. The fourth-order valence-electron chi connectivity index (χ4n) is 6.16. The zero-order chi connectivity index (χ0) is 22.9. The van der Waals surface area contributed by atoms with Crippen LogP contribution < -0.4 is 10.2 Å². The number of hydrogen-bond donors (Lipinski definition) is 1. The molecule has 3 heterocycles. The quantitative estimate of drug-likeness (QED) is 0.704. The number of fused-ring (bicyclic) bond motifs is 1. The molecule has 174 valence electrons. The summed E-state index contributed by atoms with van der Waals surface area (Å²) in [7, 11) is 2.83. The molecule has 7 nitrogen and oxygen atoms in total. The Balaban J connectivity index is 1.62. The summed E-state index contributed by atoms with van der Waals surface area (Å²) in [4.78, 5) is 31.2. The van der Waals surface area contributed by atoms with Crippen molar-refractivity contribution in [2.75, 3.05) is 32.2 Å². The van der Waals surface area contributed by atoms with E-state index in [1.807, 2.05) is 48.5 Å². The van der Waals surface area contributed by atoms with Crippen LogP contribution in [0.4, 0.5) is 5.69 Å². The van der Waals surface area contributed by atoms with Crippen LogP contribution in [-0.4, -0.2) is 62.4 Å². The van der Waals surface area contributed by atoms with Gasteiger partial charge in [0, 0.05) is 36.8 Å². The Morgan fingerprint density at radius 2 is 1.61 bits per heavy atom. The van der Waals surface area contributed by atoms with Gasteiger partial charge in [0.15, 0.2) is 0 Å². The maximum Gasteiger partial charge on any atom is 0.323 e. The van der Waals surface area contributed by atoms with Gasteiger partial charge >= 0.3 is 11.9 Å². The van der Waals surface area contributed by atoms with E-state index < -0.39 is 12.0 Å². The van der Waals surface area contributed by atoms with Gasteiger partial charge in [-0.2, -0.15) is 0 Å². The fourth-order valence-corrected chi connectivity index (χ4v) is 6.16. The van der Waals surface area contributed by atoms with E-state index >= 15 is 0 Å². The average molecular weight is 450 g/mol. The minimum Gasteiger partial charge on any atom is -0.469 e. The lowest BCUT2D eigenvalue weighted by molar-refractivity contribution is -0.149. The molecule has 3 aliphatic rings. The zero-order valence-electron chi connectivity index (χ0n) is 19.1. The van der Waals surface area contributed by atoms with Gasteiger partial charge in [-0.15, -0.1) is 0 Å². The van der Waals surface area contributed by atoms with Crippen molar-refractivity contribution in [1.82, 2.24) is 10.2 Å². The highest BCUT2D eigenvalue weighted by Gasteiger charge is 2.59. The normalized spacial score (nSPS) is 31.4. The second kappa shape index (κ2) is 9.15. The van der Waals surface area contributed by atoms with Gasteiger partial charge in [0.1, 0.15) is 6.04 Å². The number of ether oxygens (including phenoxy) is 2. The lowest BCUT2D eigenvalue weighted by Crippen LogP contribution is -2.53. The highest BCUT2D eigenvalue weighted by Crippen LogP contribution is 2.47. The smallest absolute Gasteiger partial charge is 0.323 e. The molecule has 0 aromatic heterocycles. The number of benzene rings is 2. The van der Waals surface area contributed by atoms with E-state index in [2.05, 4.69) is 27.2 Å². The molecular formula is C26H31N3O4. The molecule has 7 heteroatoms. The number of methoxy groups -OCH3 is 2. The number of nitrogens with zero attached hydrogens (tertiary/aromatic N) is 2. The Morgan fingerprint density at radius 1 is 0.939 bits per heavy atom. The van der Waals surface area contributed by atoms with Gasteiger partial charge in [0.05, 0.1) is 26.3 Å². The summed E-state index contributed by atoms with van der Waals surface area (Å²) in [6.45, 7) is 1.83. The maximum absolute atomic E-state index is 13.3. The van der Waals surface area contributed by atoms with Gasteiger partial charge in [-0.3, -0.25) is 19.8 Å². The highest BCUT2D eigenvalue weighted by molar-refractivity contribution is 5.82. The van der Waals surface area contributed by atoms with E-state index in [-0.39, 0.29) is 30.1 Å². The van der Waals surface area contributed by atoms with E-state index in [0.717, 1.165) is 37.2 Å². The van der Waals surface area contributed by atoms with Crippen LogP contribution >= 0.6 is 0 Å². The number of para-hydroxylation sites is 1. The van der Waals surface area contributed by atoms with Crippen LogP contribution in [0.25, 0.3) is 0 Å². The summed E-state index contributed by atoms with van der Waals surface area (Å²) in [5.74, 6) is -1.51. The van der Waals surface area contributed by atoms with E-state index in [4.69, 9.17) is 9.47 Å². The summed E-state index contributed by atoms with van der Waals surface area (Å²) in [5, 5.41) is 3.47. The number of nitrogens with one attached hydrogen (secondary N) is 1. The van der Waals surface area contributed by atoms with Gasteiger partial charge in [0.2, 0.25) is 0 Å². The predicted octanol–water partition coefficient (Wildman–Crippen LogP) is 2.59. The van der Waals surface area contributed by atoms with Crippen molar-refractivity contribution in [2.45, 2.75) is 37.1 Å². The van der Waals surface area contributed by atoms with Gasteiger partial charge in [-0.1, -0.05) is 48.5 Å². The molecule has 3 saturated heterocycles. The Kier molecular flexibility index (Phi) is 6.08. The van der Waals surface area contributed by atoms with E-state index in [1.165, 1.54) is 14.2 Å². The minimum atomic E-state index is -0.625. The molecule has 3 fully saturated rings. The average Bonchev–Trinajstić information content (AvgIpc) is 3.57. The van der Waals surface area contributed by atoms with Gasteiger partial charge < -0.3 is 14.4 Å². The molecular weight excluding hydrogens is 418 g/mol. The molecule has 1 N–H and O–H groups in total. The van der Waals surface area contributed by atoms with Crippen molar-refractivity contribution in [3.63, 3.8) is 0 Å². The van der Waals surface area contributed by atoms with Crippen molar-refractivity contribution in [3.8, 4) is 0 Å². The minimum absolute atomic E-state index is 0.116. The summed E-state index contributed by atoms with van der Waals surface area (Å²) >= 11 is 0. The first kappa shape index (κ1) is 21.9. The summed E-state index contributed by atoms with van der Waals surface area (Å²) < 4.78 is 10.6. The second-order valence-corrected chi connectivity index (χ2v) is 9.12. The summed E-state index contributed by atoms with van der Waals surface area (Å²) in [5.41, 5.74) is 2.07. The third kappa shape index (κ3) is 3.79. The molecule has 2 aromatic rings. The maximum atomic E-state index is 13.3. The van der Waals surface area contributed by atoms with Gasteiger partial charge in [0.25, 0.3) is 0 Å². The van der Waals surface area contributed by atoms with Crippen LogP contribution in [0.5, 0.6) is 0 Å². The molecule has 1 unspecified atom stereocenters. The number of anilines is 1. The van der Waals surface area contributed by atoms with Gasteiger partial charge in [-0.05, 0) is 30.5 Å². The van der Waals surface area contributed by atoms with Gasteiger partial charge in [-0.25, -0.2) is 0 Å². The lowest BCUT2D eigenvalue weighted by atomic mass is 9.81. The molecule has 2 aromatic carbocycles. The summed E-state index contributed by atoms with van der Waals surface area (Å²) in [6.07, 6.45) is 2.13. The molecule has 3 aliphatic heterocycles. The molecule has 0 radical (unpaired) electrons. The molecule has 5 rings (SSSR count). The molecule has 33 heavy (non-hydrogen) atoms. The number of esters is 2. The fraction of sp³-hybridized carbons (Fsp3) is 0.462. The number of carbonyl (C=O) groups is 2. The van der Waals surface area contributed by atoms with E-state index in [1.54, 1.807) is 0 Å². The van der Waals surface area contributed by atoms with Crippen LogP contribution in [0.2, 0.25) is 0 Å². The first-order chi connectivity index (χ1) is 16.1. The molecule has 0 spiro atoms. The largest absolute Gasteiger partial charge is 0.469 e. The van der Waals surface area contributed by atoms with Crippen LogP contribution in [0.3, 0.4) is 0 Å². The van der Waals surface area contributed by atoms with Crippen molar-refractivity contribution < 1.29 is 19.1 Å². The molecule has 0 saturated carbocycles. The zero-order valence-corrected chi connectivity index (χ0v) is 19.1.